The Morgan fingerprint density at radius 1 is 1.14 bits per heavy atom. The minimum atomic E-state index is -5.71. The van der Waals surface area contributed by atoms with Gasteiger partial charge in [-0.1, -0.05) is 26.8 Å². The Balaban J connectivity index is 3.41. The summed E-state index contributed by atoms with van der Waals surface area (Å²) in [6.45, 7) is 4.66. The summed E-state index contributed by atoms with van der Waals surface area (Å²) in [6.07, 6.45) is -0.519. The normalized spacial score (nSPS) is 13.3. The lowest BCUT2D eigenvalue weighted by Gasteiger charge is -2.18. The van der Waals surface area contributed by atoms with Crippen molar-refractivity contribution in [2.24, 2.45) is 5.41 Å². The molecule has 0 aliphatic heterocycles. The number of Topliss-reactive ketones (excluding diaryl/α,β-unsaturated/α-hetero) is 1. The molecular formula is C13H14F4O3S. The van der Waals surface area contributed by atoms with Gasteiger partial charge in [-0.3, -0.25) is 4.79 Å². The highest BCUT2D eigenvalue weighted by Crippen LogP contribution is 2.33. The number of alkyl halides is 3. The molecule has 8 heteroatoms. The van der Waals surface area contributed by atoms with Crippen molar-refractivity contribution in [2.75, 3.05) is 0 Å². The molecule has 1 aromatic rings. The Kier molecular flexibility index (Phi) is 4.53. The summed E-state index contributed by atoms with van der Waals surface area (Å²) in [4.78, 5) is 10.7. The van der Waals surface area contributed by atoms with Crippen molar-refractivity contribution < 1.29 is 30.8 Å². The first-order chi connectivity index (χ1) is 9.26. The zero-order valence-electron chi connectivity index (χ0n) is 11.6. The lowest BCUT2D eigenvalue weighted by Crippen LogP contribution is -2.27. The van der Waals surface area contributed by atoms with Crippen LogP contribution in [-0.4, -0.2) is 19.7 Å². The molecule has 0 atom stereocenters. The Labute approximate surface area is 119 Å². The van der Waals surface area contributed by atoms with Gasteiger partial charge in [0.05, 0.1) is 4.90 Å². The number of carbonyl (C=O) groups excluding carboxylic acids is 1. The molecule has 0 unspecified atom stereocenters. The van der Waals surface area contributed by atoms with Gasteiger partial charge in [0.25, 0.3) is 9.84 Å². The predicted molar refractivity (Wildman–Crippen MR) is 67.8 cm³/mol. The van der Waals surface area contributed by atoms with Crippen LogP contribution in [0.15, 0.2) is 23.1 Å². The summed E-state index contributed by atoms with van der Waals surface area (Å²) in [5, 5.41) is 0. The predicted octanol–water partition coefficient (Wildman–Crippen LogP) is 3.28. The van der Waals surface area contributed by atoms with Crippen LogP contribution in [0.3, 0.4) is 0 Å². The molecule has 0 saturated carbocycles. The second-order valence-electron chi connectivity index (χ2n) is 5.55. The third-order valence-corrected chi connectivity index (χ3v) is 4.38. The number of hydrogen-bond acceptors (Lipinski definition) is 3. The molecule has 0 aliphatic carbocycles. The summed E-state index contributed by atoms with van der Waals surface area (Å²) in [5.41, 5.74) is -6.78. The van der Waals surface area contributed by atoms with Gasteiger partial charge in [-0.05, 0) is 17.7 Å². The first kappa shape index (κ1) is 17.6. The van der Waals surface area contributed by atoms with Gasteiger partial charge in [-0.15, -0.1) is 0 Å². The fourth-order valence-corrected chi connectivity index (χ4v) is 2.49. The van der Waals surface area contributed by atoms with Crippen molar-refractivity contribution in [3.05, 3.63) is 29.6 Å². The molecule has 0 radical (unpaired) electrons. The fraction of sp³-hybridized carbons (Fsp3) is 0.462. The second kappa shape index (κ2) is 5.40. The van der Waals surface area contributed by atoms with Crippen LogP contribution in [-0.2, 0) is 21.1 Å². The van der Waals surface area contributed by atoms with Crippen molar-refractivity contribution in [1.82, 2.24) is 0 Å². The molecule has 0 heterocycles. The molecule has 0 bridgehead atoms. The van der Waals surface area contributed by atoms with Gasteiger partial charge in [0.2, 0.25) is 0 Å². The van der Waals surface area contributed by atoms with Crippen molar-refractivity contribution in [3.8, 4) is 0 Å². The molecule has 118 valence electrons. The molecule has 3 nitrogen and oxygen atoms in total. The van der Waals surface area contributed by atoms with Gasteiger partial charge in [0.15, 0.2) is 0 Å². The zero-order valence-corrected chi connectivity index (χ0v) is 12.4. The maximum atomic E-state index is 13.1. The molecule has 0 aliphatic rings. The van der Waals surface area contributed by atoms with E-state index in [0.29, 0.717) is 0 Å². The van der Waals surface area contributed by atoms with Crippen LogP contribution in [0.25, 0.3) is 0 Å². The van der Waals surface area contributed by atoms with Crippen molar-refractivity contribution >= 4 is 15.6 Å². The quantitative estimate of drug-likeness (QED) is 0.801. The summed E-state index contributed by atoms with van der Waals surface area (Å²) in [6, 6.07) is 1.99. The highest BCUT2D eigenvalue weighted by Gasteiger charge is 2.48. The molecule has 1 aromatic carbocycles. The third-order valence-electron chi connectivity index (χ3n) is 2.81. The van der Waals surface area contributed by atoms with E-state index in [1.807, 2.05) is 0 Å². The molecule has 21 heavy (non-hydrogen) atoms. The van der Waals surface area contributed by atoms with Crippen molar-refractivity contribution in [1.29, 1.82) is 0 Å². The number of benzene rings is 1. The van der Waals surface area contributed by atoms with E-state index in [9.17, 15) is 30.8 Å². The first-order valence-electron chi connectivity index (χ1n) is 5.90. The number of sulfone groups is 1. The van der Waals surface area contributed by atoms with Gasteiger partial charge in [0, 0.05) is 11.8 Å². The summed E-state index contributed by atoms with van der Waals surface area (Å²) >= 11 is 0. The number of halogens is 4. The number of rotatable bonds is 3. The van der Waals surface area contributed by atoms with Gasteiger partial charge in [-0.25, -0.2) is 12.8 Å². The Hall–Kier alpha value is -1.44. The third kappa shape index (κ3) is 3.81. The van der Waals surface area contributed by atoms with Crippen LogP contribution in [0.1, 0.15) is 26.3 Å². The van der Waals surface area contributed by atoms with E-state index < -0.39 is 43.7 Å². The lowest BCUT2D eigenvalue weighted by molar-refractivity contribution is -0.125. The van der Waals surface area contributed by atoms with E-state index in [0.717, 1.165) is 12.1 Å². The lowest BCUT2D eigenvalue weighted by atomic mass is 9.87. The van der Waals surface area contributed by atoms with E-state index in [-0.39, 0.29) is 11.6 Å². The van der Waals surface area contributed by atoms with E-state index in [2.05, 4.69) is 0 Å². The summed E-state index contributed by atoms with van der Waals surface area (Å²) in [5.74, 6) is -1.57. The Bertz CT molecular complexity index is 655. The fourth-order valence-electron chi connectivity index (χ4n) is 1.49. The minimum Gasteiger partial charge on any atom is -0.299 e. The molecule has 0 saturated heterocycles. The maximum absolute atomic E-state index is 13.1. The van der Waals surface area contributed by atoms with Gasteiger partial charge >= 0.3 is 5.51 Å². The van der Waals surface area contributed by atoms with E-state index >= 15 is 0 Å². The second-order valence-corrected chi connectivity index (χ2v) is 7.46. The van der Waals surface area contributed by atoms with Crippen LogP contribution in [0.2, 0.25) is 0 Å². The average Bonchev–Trinajstić information content (AvgIpc) is 2.28. The monoisotopic (exact) mass is 326 g/mol. The number of carbonyl (C=O) groups is 1. The van der Waals surface area contributed by atoms with Crippen LogP contribution >= 0.6 is 0 Å². The van der Waals surface area contributed by atoms with E-state index in [1.165, 1.54) is 0 Å². The molecule has 0 spiro atoms. The highest BCUT2D eigenvalue weighted by atomic mass is 32.2. The standard InChI is InChI=1S/C13H14F4O3S/c1-12(2,3)11(18)6-8-4-5-9(14)7-10(8)21(19,20)13(15,16)17/h4-5,7H,6H2,1-3H3. The molecule has 1 rings (SSSR count). The summed E-state index contributed by atoms with van der Waals surface area (Å²) < 4.78 is 73.9. The first-order valence-corrected chi connectivity index (χ1v) is 7.38. The van der Waals surface area contributed by atoms with Crippen LogP contribution in [0.5, 0.6) is 0 Å². The molecule has 0 aromatic heterocycles. The summed E-state index contributed by atoms with van der Waals surface area (Å²) in [7, 11) is -5.71. The van der Waals surface area contributed by atoms with Gasteiger partial charge < -0.3 is 0 Å². The topological polar surface area (TPSA) is 51.2 Å². The van der Waals surface area contributed by atoms with Crippen molar-refractivity contribution in [3.63, 3.8) is 0 Å². The zero-order chi connectivity index (χ0) is 16.6. The van der Waals surface area contributed by atoms with Crippen LogP contribution < -0.4 is 0 Å². The van der Waals surface area contributed by atoms with Gasteiger partial charge in [-0.2, -0.15) is 13.2 Å². The largest absolute Gasteiger partial charge is 0.501 e. The van der Waals surface area contributed by atoms with E-state index in [1.54, 1.807) is 20.8 Å². The Morgan fingerprint density at radius 3 is 2.10 bits per heavy atom. The average molecular weight is 326 g/mol. The highest BCUT2D eigenvalue weighted by molar-refractivity contribution is 7.92. The molecule has 0 N–H and O–H groups in total. The van der Waals surface area contributed by atoms with Gasteiger partial charge in [0.1, 0.15) is 11.6 Å². The number of ketones is 1. The van der Waals surface area contributed by atoms with E-state index in [4.69, 9.17) is 0 Å². The minimum absolute atomic E-state index is 0.286. The van der Waals surface area contributed by atoms with Crippen LogP contribution in [0, 0.1) is 11.2 Å². The maximum Gasteiger partial charge on any atom is 0.501 e. The number of hydrogen-bond donors (Lipinski definition) is 0. The SMILES string of the molecule is CC(C)(C)C(=O)Cc1ccc(F)cc1S(=O)(=O)C(F)(F)F. The molecular weight excluding hydrogens is 312 g/mol. The smallest absolute Gasteiger partial charge is 0.299 e. The molecule has 0 amide bonds. The van der Waals surface area contributed by atoms with Crippen molar-refractivity contribution in [2.45, 2.75) is 37.6 Å². The molecule has 0 fully saturated rings. The Morgan fingerprint density at radius 2 is 1.67 bits per heavy atom. The van der Waals surface area contributed by atoms with Crippen LogP contribution in [0.4, 0.5) is 17.6 Å².